The maximum atomic E-state index is 13.2. The highest BCUT2D eigenvalue weighted by Gasteiger charge is 2.41. The van der Waals surface area contributed by atoms with Gasteiger partial charge in [0, 0.05) is 39.0 Å². The first-order chi connectivity index (χ1) is 16.7. The number of carbonyl (C=O) groups excluding carboxylic acids is 3. The number of ether oxygens (including phenoxy) is 2. The van der Waals surface area contributed by atoms with Crippen LogP contribution in [0.4, 0.5) is 10.5 Å². The number of nitrogens with zero attached hydrogens (tertiary/aromatic N) is 2. The van der Waals surface area contributed by atoms with Gasteiger partial charge in [0.05, 0.1) is 23.6 Å². The van der Waals surface area contributed by atoms with Crippen LogP contribution in [0.5, 0.6) is 0 Å². The summed E-state index contributed by atoms with van der Waals surface area (Å²) >= 11 is 6.82. The second kappa shape index (κ2) is 11.8. The Balaban J connectivity index is 1.76. The van der Waals surface area contributed by atoms with Crippen molar-refractivity contribution in [1.29, 1.82) is 0 Å². The van der Waals surface area contributed by atoms with Crippen molar-refractivity contribution in [3.63, 3.8) is 0 Å². The number of sulfonamides is 1. The minimum absolute atomic E-state index is 0.0146. The van der Waals surface area contributed by atoms with Crippen molar-refractivity contribution in [2.24, 2.45) is 0 Å². The summed E-state index contributed by atoms with van der Waals surface area (Å²) in [4.78, 5) is 38.8. The van der Waals surface area contributed by atoms with Gasteiger partial charge in [-0.05, 0) is 36.4 Å². The van der Waals surface area contributed by atoms with Crippen molar-refractivity contribution in [2.75, 3.05) is 52.3 Å². The zero-order chi connectivity index (χ0) is 25.6. The van der Waals surface area contributed by atoms with Crippen molar-refractivity contribution in [1.82, 2.24) is 14.5 Å². The highest BCUT2D eigenvalue weighted by Crippen LogP contribution is 2.30. The van der Waals surface area contributed by atoms with E-state index < -0.39 is 34.0 Å². The molecule has 1 aromatic carbocycles. The molecular formula is C21H25ClN4O7S2. The number of hydrogen-bond acceptors (Lipinski definition) is 8. The maximum Gasteiger partial charge on any atom is 0.337 e. The summed E-state index contributed by atoms with van der Waals surface area (Å²) in [6, 6.07) is 7.29. The molecule has 0 bridgehead atoms. The first-order valence-corrected chi connectivity index (χ1v) is 13.1. The summed E-state index contributed by atoms with van der Waals surface area (Å²) in [5, 5.41) is 5.34. The van der Waals surface area contributed by atoms with E-state index in [0.29, 0.717) is 15.6 Å². The SMILES string of the molecule is COCCNC(=O)C1CN(C(=O)Nc2ccc(C(=O)OC)cc2)CCN1S(=O)(=O)c1ccc(Cl)s1. The van der Waals surface area contributed by atoms with Crippen molar-refractivity contribution in [3.8, 4) is 0 Å². The van der Waals surface area contributed by atoms with E-state index in [1.54, 1.807) is 12.1 Å². The minimum Gasteiger partial charge on any atom is -0.465 e. The number of methoxy groups -OCH3 is 2. The number of urea groups is 1. The van der Waals surface area contributed by atoms with Crippen LogP contribution in [0, 0.1) is 0 Å². The van der Waals surface area contributed by atoms with Gasteiger partial charge in [0.1, 0.15) is 10.3 Å². The normalized spacial score (nSPS) is 16.5. The van der Waals surface area contributed by atoms with Crippen LogP contribution in [0.3, 0.4) is 0 Å². The largest absolute Gasteiger partial charge is 0.465 e. The monoisotopic (exact) mass is 544 g/mol. The van der Waals surface area contributed by atoms with Crippen molar-refractivity contribution in [2.45, 2.75) is 10.3 Å². The molecule has 190 valence electrons. The van der Waals surface area contributed by atoms with Crippen molar-refractivity contribution >= 4 is 56.6 Å². The Hall–Kier alpha value is -2.71. The van der Waals surface area contributed by atoms with Gasteiger partial charge in [-0.15, -0.1) is 11.3 Å². The molecule has 1 aliphatic rings. The minimum atomic E-state index is -4.02. The zero-order valence-corrected chi connectivity index (χ0v) is 21.4. The molecule has 0 aliphatic carbocycles. The zero-order valence-electron chi connectivity index (χ0n) is 19.0. The van der Waals surface area contributed by atoms with Crippen LogP contribution in [-0.4, -0.2) is 88.6 Å². The van der Waals surface area contributed by atoms with Crippen LogP contribution >= 0.6 is 22.9 Å². The van der Waals surface area contributed by atoms with Gasteiger partial charge in [-0.1, -0.05) is 11.6 Å². The van der Waals surface area contributed by atoms with Crippen LogP contribution in [0.15, 0.2) is 40.6 Å². The second-order valence-electron chi connectivity index (χ2n) is 7.42. The predicted octanol–water partition coefficient (Wildman–Crippen LogP) is 1.86. The molecule has 2 heterocycles. The molecule has 35 heavy (non-hydrogen) atoms. The highest BCUT2D eigenvalue weighted by molar-refractivity contribution is 7.91. The van der Waals surface area contributed by atoms with Crippen molar-refractivity contribution in [3.05, 3.63) is 46.3 Å². The number of carbonyl (C=O) groups is 3. The molecule has 1 fully saturated rings. The van der Waals surface area contributed by atoms with Crippen LogP contribution in [0.2, 0.25) is 4.34 Å². The van der Waals surface area contributed by atoms with E-state index in [-0.39, 0.29) is 37.0 Å². The van der Waals surface area contributed by atoms with E-state index in [2.05, 4.69) is 15.4 Å². The van der Waals surface area contributed by atoms with E-state index in [9.17, 15) is 22.8 Å². The summed E-state index contributed by atoms with van der Waals surface area (Å²) < 4.78 is 37.5. The van der Waals surface area contributed by atoms with Gasteiger partial charge >= 0.3 is 12.0 Å². The molecule has 1 saturated heterocycles. The third-order valence-corrected chi connectivity index (χ3v) is 8.80. The third kappa shape index (κ3) is 6.49. The standard InChI is InChI=1S/C21H25ClN4O7S2/c1-32-12-9-23-19(27)16-13-25(10-11-26(16)35(30,31)18-8-7-17(22)34-18)21(29)24-15-5-3-14(4-6-15)20(28)33-2/h3-8,16H,9-13H2,1-2H3,(H,23,27)(H,24,29). The van der Waals surface area contributed by atoms with E-state index in [0.717, 1.165) is 15.6 Å². The number of esters is 1. The molecule has 2 aromatic rings. The van der Waals surface area contributed by atoms with E-state index >= 15 is 0 Å². The van der Waals surface area contributed by atoms with Gasteiger partial charge in [0.25, 0.3) is 10.0 Å². The smallest absolute Gasteiger partial charge is 0.337 e. The molecule has 2 N–H and O–H groups in total. The summed E-state index contributed by atoms with van der Waals surface area (Å²) in [6.45, 7) is 0.241. The topological polar surface area (TPSA) is 134 Å². The number of rotatable bonds is 8. The fourth-order valence-corrected chi connectivity index (χ4v) is 6.59. The first kappa shape index (κ1) is 26.9. The Labute approximate surface area is 212 Å². The summed E-state index contributed by atoms with van der Waals surface area (Å²) in [6.07, 6.45) is 0. The Morgan fingerprint density at radius 2 is 1.83 bits per heavy atom. The molecule has 14 heteroatoms. The number of halogens is 1. The Kier molecular flexibility index (Phi) is 9.08. The highest BCUT2D eigenvalue weighted by atomic mass is 35.5. The molecule has 1 aliphatic heterocycles. The fourth-order valence-electron chi connectivity index (χ4n) is 3.41. The quantitative estimate of drug-likeness (QED) is 0.382. The number of anilines is 1. The molecule has 0 radical (unpaired) electrons. The van der Waals surface area contributed by atoms with Crippen LogP contribution < -0.4 is 10.6 Å². The maximum absolute atomic E-state index is 13.2. The second-order valence-corrected chi connectivity index (χ2v) is 11.3. The molecule has 1 atom stereocenters. The molecule has 0 saturated carbocycles. The number of hydrogen-bond donors (Lipinski definition) is 2. The first-order valence-electron chi connectivity index (χ1n) is 10.5. The molecule has 3 rings (SSSR count). The van der Waals surface area contributed by atoms with Gasteiger partial charge in [0.15, 0.2) is 0 Å². The molecule has 1 aromatic heterocycles. The number of amides is 3. The molecule has 11 nitrogen and oxygen atoms in total. The van der Waals surface area contributed by atoms with Gasteiger partial charge < -0.3 is 25.0 Å². The number of benzene rings is 1. The average Bonchev–Trinajstić information content (AvgIpc) is 3.30. The Morgan fingerprint density at radius 3 is 2.43 bits per heavy atom. The third-order valence-electron chi connectivity index (χ3n) is 5.20. The van der Waals surface area contributed by atoms with Crippen LogP contribution in [-0.2, 0) is 24.3 Å². The lowest BCUT2D eigenvalue weighted by Gasteiger charge is -2.39. The van der Waals surface area contributed by atoms with E-state index in [1.807, 2.05) is 0 Å². The average molecular weight is 545 g/mol. The van der Waals surface area contributed by atoms with E-state index in [4.69, 9.17) is 16.3 Å². The van der Waals surface area contributed by atoms with Gasteiger partial charge in [-0.25, -0.2) is 18.0 Å². The number of thiophene rings is 1. The summed E-state index contributed by atoms with van der Waals surface area (Å²) in [7, 11) is -1.27. The predicted molar refractivity (Wildman–Crippen MR) is 130 cm³/mol. The van der Waals surface area contributed by atoms with Gasteiger partial charge in [-0.3, -0.25) is 4.79 Å². The Bertz CT molecular complexity index is 1170. The molecular weight excluding hydrogens is 520 g/mol. The summed E-state index contributed by atoms with van der Waals surface area (Å²) in [5.41, 5.74) is 0.748. The van der Waals surface area contributed by atoms with Crippen molar-refractivity contribution < 1.29 is 32.3 Å². The van der Waals surface area contributed by atoms with Gasteiger partial charge in [0.2, 0.25) is 5.91 Å². The Morgan fingerprint density at radius 1 is 1.11 bits per heavy atom. The number of piperazine rings is 1. The lowest BCUT2D eigenvalue weighted by Crippen LogP contribution is -2.62. The fraction of sp³-hybridized carbons (Fsp3) is 0.381. The number of nitrogens with one attached hydrogen (secondary N) is 2. The molecule has 1 unspecified atom stereocenters. The van der Waals surface area contributed by atoms with Crippen LogP contribution in [0.25, 0.3) is 0 Å². The lowest BCUT2D eigenvalue weighted by atomic mass is 10.2. The van der Waals surface area contributed by atoms with E-state index in [1.165, 1.54) is 43.4 Å². The summed E-state index contributed by atoms with van der Waals surface area (Å²) in [5.74, 6) is -1.05. The van der Waals surface area contributed by atoms with Gasteiger partial charge in [-0.2, -0.15) is 4.31 Å². The molecule has 0 spiro atoms. The molecule has 3 amide bonds. The lowest BCUT2D eigenvalue weighted by molar-refractivity contribution is -0.126. The van der Waals surface area contributed by atoms with Crippen LogP contribution in [0.1, 0.15) is 10.4 Å².